The molecule has 0 bridgehead atoms. The largest absolute Gasteiger partial charge is 0.497 e. The van der Waals surface area contributed by atoms with Gasteiger partial charge >= 0.3 is 5.97 Å². The molecule has 0 saturated heterocycles. The van der Waals surface area contributed by atoms with Crippen LogP contribution in [0.15, 0.2) is 41.4 Å². The van der Waals surface area contributed by atoms with Crippen LogP contribution in [0.5, 0.6) is 11.5 Å². The molecule has 0 N–H and O–H groups in total. The Bertz CT molecular complexity index is 1210. The van der Waals surface area contributed by atoms with Crippen LogP contribution >= 0.6 is 11.3 Å². The average molecular weight is 445 g/mol. The molecule has 0 unspecified atom stereocenters. The molecule has 0 fully saturated rings. The summed E-state index contributed by atoms with van der Waals surface area (Å²) in [4.78, 5) is 40.0. The van der Waals surface area contributed by atoms with Crippen molar-refractivity contribution >= 4 is 39.1 Å². The Morgan fingerprint density at radius 3 is 2.39 bits per heavy atom. The molecule has 31 heavy (non-hydrogen) atoms. The molecule has 0 aliphatic heterocycles. The van der Waals surface area contributed by atoms with Gasteiger partial charge in [0.1, 0.15) is 18.0 Å². The first-order valence-corrected chi connectivity index (χ1v) is 9.93. The van der Waals surface area contributed by atoms with Crippen molar-refractivity contribution in [2.75, 3.05) is 20.8 Å². The lowest BCUT2D eigenvalue weighted by molar-refractivity contribution is -0.384. The Kier molecular flexibility index (Phi) is 6.65. The predicted octanol–water partition coefficient (Wildman–Crippen LogP) is 2.93. The summed E-state index contributed by atoms with van der Waals surface area (Å²) in [6.45, 7) is 1.60. The third-order valence-electron chi connectivity index (χ3n) is 4.26. The molecule has 3 aromatic rings. The van der Waals surface area contributed by atoms with Crippen LogP contribution in [0.3, 0.4) is 0 Å². The second-order valence-electron chi connectivity index (χ2n) is 6.20. The van der Waals surface area contributed by atoms with Crippen molar-refractivity contribution in [3.8, 4) is 11.5 Å². The summed E-state index contributed by atoms with van der Waals surface area (Å²) in [5, 5.41) is 11.2. The number of non-ortho nitro benzene ring substituents is 1. The van der Waals surface area contributed by atoms with Gasteiger partial charge in [0.15, 0.2) is 4.80 Å². The van der Waals surface area contributed by atoms with Crippen LogP contribution < -0.4 is 14.3 Å². The molecule has 0 radical (unpaired) electrons. The zero-order valence-electron chi connectivity index (χ0n) is 17.0. The molecule has 2 aromatic carbocycles. The van der Waals surface area contributed by atoms with Gasteiger partial charge in [0, 0.05) is 23.8 Å². The van der Waals surface area contributed by atoms with Gasteiger partial charge in [0.05, 0.1) is 36.0 Å². The van der Waals surface area contributed by atoms with E-state index in [2.05, 4.69) is 4.99 Å². The maximum absolute atomic E-state index is 12.9. The van der Waals surface area contributed by atoms with Crippen molar-refractivity contribution in [2.24, 2.45) is 4.99 Å². The minimum atomic E-state index is -0.587. The van der Waals surface area contributed by atoms with E-state index >= 15 is 0 Å². The molecule has 162 valence electrons. The standard InChI is InChI=1S/C20H19N3O7S/c1-4-30-18(24)11-22-16-9-13(23(26)27)5-6-17(16)31-20(22)21-19(25)12-7-14(28-2)10-15(8-12)29-3/h5-10H,4,11H2,1-3H3. The van der Waals surface area contributed by atoms with Crippen molar-refractivity contribution in [1.82, 2.24) is 4.57 Å². The minimum Gasteiger partial charge on any atom is -0.497 e. The third-order valence-corrected chi connectivity index (χ3v) is 5.32. The lowest BCUT2D eigenvalue weighted by Crippen LogP contribution is -2.23. The number of carbonyl (C=O) groups excluding carboxylic acids is 2. The molecule has 0 spiro atoms. The SMILES string of the molecule is CCOC(=O)Cn1c(=NC(=O)c2cc(OC)cc(OC)c2)sc2ccc([N+](=O)[O-])cc21. The van der Waals surface area contributed by atoms with Crippen molar-refractivity contribution in [1.29, 1.82) is 0 Å². The normalized spacial score (nSPS) is 11.4. The van der Waals surface area contributed by atoms with Crippen LogP contribution in [0.25, 0.3) is 10.2 Å². The second-order valence-corrected chi connectivity index (χ2v) is 7.21. The molecule has 1 heterocycles. The van der Waals surface area contributed by atoms with Crippen molar-refractivity contribution in [3.05, 3.63) is 56.9 Å². The number of thiazole rings is 1. The van der Waals surface area contributed by atoms with Crippen molar-refractivity contribution < 1.29 is 28.7 Å². The Hall–Kier alpha value is -3.73. The van der Waals surface area contributed by atoms with Crippen LogP contribution in [0.1, 0.15) is 17.3 Å². The van der Waals surface area contributed by atoms with E-state index in [0.29, 0.717) is 21.7 Å². The number of hydrogen-bond donors (Lipinski definition) is 0. The lowest BCUT2D eigenvalue weighted by Gasteiger charge is -2.06. The average Bonchev–Trinajstić information content (AvgIpc) is 3.09. The molecule has 10 nitrogen and oxygen atoms in total. The number of benzene rings is 2. The third kappa shape index (κ3) is 4.89. The highest BCUT2D eigenvalue weighted by atomic mass is 32.1. The van der Waals surface area contributed by atoms with E-state index in [0.717, 1.165) is 11.3 Å². The smallest absolute Gasteiger partial charge is 0.326 e. The molecule has 0 saturated carbocycles. The quantitative estimate of drug-likeness (QED) is 0.311. The number of methoxy groups -OCH3 is 2. The number of fused-ring (bicyclic) bond motifs is 1. The zero-order valence-corrected chi connectivity index (χ0v) is 17.8. The molecule has 0 aliphatic carbocycles. The Balaban J connectivity index is 2.15. The van der Waals surface area contributed by atoms with Gasteiger partial charge in [-0.25, -0.2) is 0 Å². The summed E-state index contributed by atoms with van der Waals surface area (Å²) in [5.74, 6) is -0.296. The first kappa shape index (κ1) is 22.0. The molecular weight excluding hydrogens is 426 g/mol. The van der Waals surface area contributed by atoms with Crippen molar-refractivity contribution in [3.63, 3.8) is 0 Å². The minimum absolute atomic E-state index is 0.140. The monoisotopic (exact) mass is 445 g/mol. The highest BCUT2D eigenvalue weighted by Crippen LogP contribution is 2.25. The van der Waals surface area contributed by atoms with Crippen LogP contribution in [0.4, 0.5) is 5.69 Å². The van der Waals surface area contributed by atoms with E-state index in [9.17, 15) is 19.7 Å². The first-order chi connectivity index (χ1) is 14.9. The van der Waals surface area contributed by atoms with Crippen LogP contribution in [-0.2, 0) is 16.1 Å². The Morgan fingerprint density at radius 1 is 1.13 bits per heavy atom. The van der Waals surface area contributed by atoms with Gasteiger partial charge < -0.3 is 18.8 Å². The van der Waals surface area contributed by atoms with Gasteiger partial charge in [-0.1, -0.05) is 11.3 Å². The number of rotatable bonds is 7. The van der Waals surface area contributed by atoms with Gasteiger partial charge in [-0.15, -0.1) is 0 Å². The van der Waals surface area contributed by atoms with Crippen LogP contribution in [-0.4, -0.2) is 42.2 Å². The van der Waals surface area contributed by atoms with Gasteiger partial charge in [-0.3, -0.25) is 19.7 Å². The van der Waals surface area contributed by atoms with E-state index in [4.69, 9.17) is 14.2 Å². The van der Waals surface area contributed by atoms with E-state index < -0.39 is 16.8 Å². The number of nitro groups is 1. The molecule has 0 atom stereocenters. The fourth-order valence-corrected chi connectivity index (χ4v) is 3.84. The fraction of sp³-hybridized carbons (Fsp3) is 0.250. The number of nitrogens with zero attached hydrogens (tertiary/aromatic N) is 3. The topological polar surface area (TPSA) is 122 Å². The first-order valence-electron chi connectivity index (χ1n) is 9.11. The van der Waals surface area contributed by atoms with Gasteiger partial charge in [0.2, 0.25) is 0 Å². The summed E-state index contributed by atoms with van der Waals surface area (Å²) < 4.78 is 17.4. The maximum Gasteiger partial charge on any atom is 0.326 e. The number of hydrogen-bond acceptors (Lipinski definition) is 8. The zero-order chi connectivity index (χ0) is 22.5. The highest BCUT2D eigenvalue weighted by Gasteiger charge is 2.16. The summed E-state index contributed by atoms with van der Waals surface area (Å²) >= 11 is 1.13. The molecule has 3 rings (SSSR count). The Morgan fingerprint density at radius 2 is 1.81 bits per heavy atom. The van der Waals surface area contributed by atoms with E-state index in [1.807, 2.05) is 0 Å². The molecule has 0 aliphatic rings. The van der Waals surface area contributed by atoms with Crippen molar-refractivity contribution in [2.45, 2.75) is 13.5 Å². The second kappa shape index (κ2) is 9.39. The maximum atomic E-state index is 12.9. The van der Waals surface area contributed by atoms with Gasteiger partial charge in [-0.05, 0) is 25.1 Å². The lowest BCUT2D eigenvalue weighted by atomic mass is 10.2. The summed E-state index contributed by atoms with van der Waals surface area (Å²) in [7, 11) is 2.93. The summed E-state index contributed by atoms with van der Waals surface area (Å²) in [6, 6.07) is 8.90. The van der Waals surface area contributed by atoms with Crippen LogP contribution in [0.2, 0.25) is 0 Å². The summed E-state index contributed by atoms with van der Waals surface area (Å²) in [5.41, 5.74) is 0.489. The summed E-state index contributed by atoms with van der Waals surface area (Å²) in [6.07, 6.45) is 0. The van der Waals surface area contributed by atoms with E-state index in [1.54, 1.807) is 19.1 Å². The highest BCUT2D eigenvalue weighted by molar-refractivity contribution is 7.16. The number of nitro benzene ring substituents is 1. The number of carbonyl (C=O) groups is 2. The number of amides is 1. The molecule has 1 amide bonds. The Labute approximate surface area is 180 Å². The number of esters is 1. The van der Waals surface area contributed by atoms with Gasteiger partial charge in [0.25, 0.3) is 11.6 Å². The number of aromatic nitrogens is 1. The fourth-order valence-electron chi connectivity index (χ4n) is 2.83. The molecule has 1 aromatic heterocycles. The van der Waals surface area contributed by atoms with E-state index in [-0.39, 0.29) is 29.2 Å². The predicted molar refractivity (Wildman–Crippen MR) is 113 cm³/mol. The van der Waals surface area contributed by atoms with E-state index in [1.165, 1.54) is 43.1 Å². The molecular formula is C20H19N3O7S. The number of ether oxygens (including phenoxy) is 3. The van der Waals surface area contributed by atoms with Crippen LogP contribution in [0, 0.1) is 10.1 Å². The van der Waals surface area contributed by atoms with Gasteiger partial charge in [-0.2, -0.15) is 4.99 Å². The molecule has 11 heteroatoms.